The number of anilines is 2. The minimum Gasteiger partial charge on any atom is -0.495 e. The van der Waals surface area contributed by atoms with Crippen LogP contribution in [0.5, 0.6) is 17.4 Å². The number of para-hydroxylation sites is 1. The van der Waals surface area contributed by atoms with Gasteiger partial charge in [0.05, 0.1) is 28.9 Å². The van der Waals surface area contributed by atoms with Crippen LogP contribution in [-0.4, -0.2) is 66.7 Å². The number of carbonyl (C=O) groups excluding carboxylic acids is 1. The van der Waals surface area contributed by atoms with Gasteiger partial charge in [-0.15, -0.1) is 0 Å². The molecule has 1 amide bonds. The van der Waals surface area contributed by atoms with E-state index in [1.807, 2.05) is 26.0 Å². The number of aromatic nitrogens is 3. The van der Waals surface area contributed by atoms with Crippen LogP contribution in [0.1, 0.15) is 16.1 Å². The lowest BCUT2D eigenvalue weighted by Gasteiger charge is -2.19. The number of methoxy groups -OCH3 is 1. The zero-order chi connectivity index (χ0) is 29.2. The maximum absolute atomic E-state index is 13.4. The normalized spacial score (nSPS) is 11.7. The topological polar surface area (TPSA) is 84.8 Å². The summed E-state index contributed by atoms with van der Waals surface area (Å²) in [7, 11) is 8.78. The number of likely N-dealkylation sites (N-methyl/N-ethyl adjacent to an activating group) is 2. The molecule has 0 unspecified atom stereocenters. The van der Waals surface area contributed by atoms with Crippen LogP contribution < -0.4 is 19.7 Å². The third-order valence-electron chi connectivity index (χ3n) is 6.15. The number of ether oxygens (including phenoxy) is 2. The van der Waals surface area contributed by atoms with Crippen molar-refractivity contribution in [1.29, 1.82) is 0 Å². The number of rotatable bonds is 9. The number of nitrogens with zero attached hydrogens (tertiary/aromatic N) is 5. The van der Waals surface area contributed by atoms with E-state index in [0.717, 1.165) is 18.7 Å². The summed E-state index contributed by atoms with van der Waals surface area (Å²) in [5, 5.41) is 2.66. The van der Waals surface area contributed by atoms with E-state index in [9.17, 15) is 18.0 Å². The standard InChI is InChI=1S/C27H28ClF3N6O3/c1-35(2)11-12-36(3)26-32-10-9-23(34-26)40-21-8-6-7-16-13-20(37(4)24(16)21)25(38)33-19-14-17(27(29,30)31)18(28)15-22(19)39-5/h6-10,13-15H,11-12H2,1-5H3,(H,33,38). The first-order chi connectivity index (χ1) is 18.9. The second-order valence-electron chi connectivity index (χ2n) is 9.29. The minimum absolute atomic E-state index is 0.00995. The van der Waals surface area contributed by atoms with Gasteiger partial charge in [-0.05, 0) is 32.3 Å². The molecule has 2 aromatic carbocycles. The second kappa shape index (κ2) is 11.6. The van der Waals surface area contributed by atoms with Gasteiger partial charge in [-0.2, -0.15) is 18.2 Å². The number of alkyl halides is 3. The van der Waals surface area contributed by atoms with Gasteiger partial charge in [0.2, 0.25) is 11.8 Å². The molecule has 0 saturated heterocycles. The van der Waals surface area contributed by atoms with Crippen molar-refractivity contribution in [3.63, 3.8) is 0 Å². The van der Waals surface area contributed by atoms with Gasteiger partial charge in [0.1, 0.15) is 11.4 Å². The fourth-order valence-electron chi connectivity index (χ4n) is 4.04. The molecule has 4 aromatic rings. The molecule has 2 heterocycles. The van der Waals surface area contributed by atoms with E-state index in [-0.39, 0.29) is 17.1 Å². The number of carbonyl (C=O) groups is 1. The number of benzene rings is 2. The molecule has 0 atom stereocenters. The van der Waals surface area contributed by atoms with Gasteiger partial charge in [0.25, 0.3) is 5.91 Å². The summed E-state index contributed by atoms with van der Waals surface area (Å²) in [6, 6.07) is 10.3. The van der Waals surface area contributed by atoms with Crippen molar-refractivity contribution in [2.24, 2.45) is 7.05 Å². The lowest BCUT2D eigenvalue weighted by molar-refractivity contribution is -0.137. The van der Waals surface area contributed by atoms with Crippen molar-refractivity contribution in [2.75, 3.05) is 51.6 Å². The summed E-state index contributed by atoms with van der Waals surface area (Å²) in [6.07, 6.45) is -3.11. The third-order valence-corrected chi connectivity index (χ3v) is 6.46. The smallest absolute Gasteiger partial charge is 0.417 e. The Bertz CT molecular complexity index is 1540. The number of halogens is 4. The van der Waals surface area contributed by atoms with Crippen molar-refractivity contribution in [2.45, 2.75) is 6.18 Å². The van der Waals surface area contributed by atoms with Gasteiger partial charge in [0.15, 0.2) is 5.75 Å². The highest BCUT2D eigenvalue weighted by atomic mass is 35.5. The SMILES string of the molecule is COc1cc(Cl)c(C(F)(F)F)cc1NC(=O)c1cc2cccc(Oc3ccnc(N(C)CCN(C)C)n3)c2n1C. The summed E-state index contributed by atoms with van der Waals surface area (Å²) >= 11 is 5.79. The Morgan fingerprint density at radius 2 is 1.85 bits per heavy atom. The van der Waals surface area contributed by atoms with Crippen molar-refractivity contribution < 1.29 is 27.4 Å². The van der Waals surface area contributed by atoms with Gasteiger partial charge in [-0.3, -0.25) is 4.79 Å². The molecule has 212 valence electrons. The van der Waals surface area contributed by atoms with E-state index in [4.69, 9.17) is 21.1 Å². The van der Waals surface area contributed by atoms with Crippen LogP contribution >= 0.6 is 11.6 Å². The lowest BCUT2D eigenvalue weighted by atomic mass is 10.1. The van der Waals surface area contributed by atoms with Crippen LogP contribution in [0.2, 0.25) is 5.02 Å². The number of amides is 1. The van der Waals surface area contributed by atoms with Crippen molar-refractivity contribution in [3.8, 4) is 17.4 Å². The summed E-state index contributed by atoms with van der Waals surface area (Å²) < 4.78 is 53.1. The van der Waals surface area contributed by atoms with Crippen molar-refractivity contribution in [1.82, 2.24) is 19.4 Å². The molecular formula is C27H28ClF3N6O3. The summed E-state index contributed by atoms with van der Waals surface area (Å²) in [4.78, 5) is 26.0. The predicted octanol–water partition coefficient (Wildman–Crippen LogP) is 5.69. The fraction of sp³-hybridized carbons (Fsp3) is 0.296. The van der Waals surface area contributed by atoms with E-state index in [2.05, 4.69) is 20.2 Å². The molecule has 1 N–H and O–H groups in total. The number of hydrogen-bond donors (Lipinski definition) is 1. The Balaban J connectivity index is 1.63. The quantitative estimate of drug-likeness (QED) is 0.274. The van der Waals surface area contributed by atoms with Crippen molar-refractivity contribution >= 4 is 40.0 Å². The Labute approximate surface area is 234 Å². The van der Waals surface area contributed by atoms with E-state index >= 15 is 0 Å². The van der Waals surface area contributed by atoms with E-state index in [1.165, 1.54) is 7.11 Å². The number of fused-ring (bicyclic) bond motifs is 1. The average molecular weight is 577 g/mol. The Kier molecular flexibility index (Phi) is 8.40. The Hall–Kier alpha value is -4.03. The molecule has 0 radical (unpaired) electrons. The molecule has 0 spiro atoms. The van der Waals surface area contributed by atoms with Gasteiger partial charge >= 0.3 is 6.18 Å². The molecule has 0 bridgehead atoms. The lowest BCUT2D eigenvalue weighted by Crippen LogP contribution is -2.29. The largest absolute Gasteiger partial charge is 0.495 e. The van der Waals surface area contributed by atoms with Crippen LogP contribution in [-0.2, 0) is 13.2 Å². The first-order valence-electron chi connectivity index (χ1n) is 12.1. The van der Waals surface area contributed by atoms with Crippen LogP contribution in [0, 0.1) is 0 Å². The van der Waals surface area contributed by atoms with Crippen LogP contribution in [0.3, 0.4) is 0 Å². The van der Waals surface area contributed by atoms with Crippen LogP contribution in [0.4, 0.5) is 24.8 Å². The average Bonchev–Trinajstić information content (AvgIpc) is 3.24. The van der Waals surface area contributed by atoms with E-state index < -0.39 is 22.7 Å². The third kappa shape index (κ3) is 6.23. The molecule has 0 fully saturated rings. The molecule has 13 heteroatoms. The molecule has 2 aromatic heterocycles. The van der Waals surface area contributed by atoms with E-state index in [0.29, 0.717) is 35.0 Å². The maximum atomic E-state index is 13.4. The Morgan fingerprint density at radius 3 is 2.52 bits per heavy atom. The van der Waals surface area contributed by atoms with E-state index in [1.54, 1.807) is 48.1 Å². The Morgan fingerprint density at radius 1 is 1.10 bits per heavy atom. The molecule has 0 aliphatic rings. The minimum atomic E-state index is -4.71. The zero-order valence-corrected chi connectivity index (χ0v) is 23.3. The van der Waals surface area contributed by atoms with Crippen LogP contribution in [0.25, 0.3) is 10.9 Å². The van der Waals surface area contributed by atoms with Gasteiger partial charge in [-0.25, -0.2) is 4.98 Å². The summed E-state index contributed by atoms with van der Waals surface area (Å²) in [5.74, 6) is 0.582. The molecule has 4 rings (SSSR count). The molecule has 0 aliphatic heterocycles. The second-order valence-corrected chi connectivity index (χ2v) is 9.70. The van der Waals surface area contributed by atoms with Gasteiger partial charge in [0, 0.05) is 50.9 Å². The fourth-order valence-corrected chi connectivity index (χ4v) is 4.30. The molecule has 40 heavy (non-hydrogen) atoms. The van der Waals surface area contributed by atoms with Gasteiger partial charge < -0.3 is 29.2 Å². The summed E-state index contributed by atoms with van der Waals surface area (Å²) in [6.45, 7) is 1.53. The highest BCUT2D eigenvalue weighted by Gasteiger charge is 2.34. The first-order valence-corrected chi connectivity index (χ1v) is 12.5. The predicted molar refractivity (Wildman–Crippen MR) is 148 cm³/mol. The number of hydrogen-bond acceptors (Lipinski definition) is 7. The molecular weight excluding hydrogens is 549 g/mol. The van der Waals surface area contributed by atoms with Crippen LogP contribution in [0.15, 0.2) is 48.7 Å². The zero-order valence-electron chi connectivity index (χ0n) is 22.5. The highest BCUT2D eigenvalue weighted by molar-refractivity contribution is 6.31. The maximum Gasteiger partial charge on any atom is 0.417 e. The highest BCUT2D eigenvalue weighted by Crippen LogP contribution is 2.40. The number of aryl methyl sites for hydroxylation is 1. The molecule has 9 nitrogen and oxygen atoms in total. The van der Waals surface area contributed by atoms with Gasteiger partial charge in [-0.1, -0.05) is 23.7 Å². The number of nitrogens with one attached hydrogen (secondary N) is 1. The monoisotopic (exact) mass is 576 g/mol. The molecule has 0 aliphatic carbocycles. The summed E-state index contributed by atoms with van der Waals surface area (Å²) in [5.41, 5.74) is -0.483. The first kappa shape index (κ1) is 29.0. The molecule has 0 saturated carbocycles. The van der Waals surface area contributed by atoms with Crippen molar-refractivity contribution in [3.05, 3.63) is 64.9 Å².